The quantitative estimate of drug-likeness (QED) is 0.252. The van der Waals surface area contributed by atoms with Crippen LogP contribution in [-0.4, -0.2) is 27.7 Å². The third-order valence-electron chi connectivity index (χ3n) is 5.65. The Hall–Kier alpha value is -2.64. The third kappa shape index (κ3) is 8.79. The summed E-state index contributed by atoms with van der Waals surface area (Å²) in [5, 5.41) is 4.50. The number of ether oxygens (including phenoxy) is 1. The van der Waals surface area contributed by atoms with Gasteiger partial charge in [0.15, 0.2) is 0 Å². The molecule has 0 saturated heterocycles. The molecule has 0 bridgehead atoms. The van der Waals surface area contributed by atoms with Crippen LogP contribution < -0.4 is 15.6 Å². The predicted molar refractivity (Wildman–Crippen MR) is 153 cm³/mol. The van der Waals surface area contributed by atoms with E-state index >= 15 is 0 Å². The molecule has 9 heteroatoms. The highest BCUT2D eigenvalue weighted by molar-refractivity contribution is 5.86. The lowest BCUT2D eigenvalue weighted by Crippen LogP contribution is -2.18. The van der Waals surface area contributed by atoms with Crippen LogP contribution in [0.2, 0.25) is 0 Å². The summed E-state index contributed by atoms with van der Waals surface area (Å²) in [5.41, 5.74) is 4.54. The number of hydrogen-bond acceptors (Lipinski definition) is 5. The minimum Gasteiger partial charge on any atom is -0.494 e. The van der Waals surface area contributed by atoms with E-state index in [9.17, 15) is 4.79 Å². The van der Waals surface area contributed by atoms with Gasteiger partial charge in [0.1, 0.15) is 5.75 Å². The molecule has 1 N–H and O–H groups in total. The SMILES string of the molecule is CCn1c(=O)ccc2cc(OCCCNCc3ccnc(CCc4cccnc4)c3)ccc21.Cl.Cl.Cl. The van der Waals surface area contributed by atoms with Gasteiger partial charge in [-0.1, -0.05) is 6.07 Å². The van der Waals surface area contributed by atoms with Gasteiger partial charge in [-0.05, 0) is 86.3 Å². The van der Waals surface area contributed by atoms with Crippen LogP contribution in [0.15, 0.2) is 78.0 Å². The van der Waals surface area contributed by atoms with Gasteiger partial charge in [0.25, 0.3) is 5.56 Å². The van der Waals surface area contributed by atoms with Crippen LogP contribution >= 0.6 is 37.2 Å². The third-order valence-corrected chi connectivity index (χ3v) is 5.65. The number of rotatable bonds is 11. The van der Waals surface area contributed by atoms with E-state index < -0.39 is 0 Å². The number of fused-ring (bicyclic) bond motifs is 1. The van der Waals surface area contributed by atoms with Crippen LogP contribution in [0.3, 0.4) is 0 Å². The molecule has 0 atom stereocenters. The van der Waals surface area contributed by atoms with Gasteiger partial charge in [-0.15, -0.1) is 37.2 Å². The molecule has 6 nitrogen and oxygen atoms in total. The Kier molecular flexibility index (Phi) is 14.1. The van der Waals surface area contributed by atoms with Gasteiger partial charge in [-0.3, -0.25) is 14.8 Å². The average molecular weight is 552 g/mol. The van der Waals surface area contributed by atoms with Crippen molar-refractivity contribution in [2.75, 3.05) is 13.2 Å². The molecule has 0 saturated carbocycles. The summed E-state index contributed by atoms with van der Waals surface area (Å²) in [6.45, 7) is 4.96. The van der Waals surface area contributed by atoms with Crippen molar-refractivity contribution in [1.29, 1.82) is 0 Å². The number of benzene rings is 1. The summed E-state index contributed by atoms with van der Waals surface area (Å²) in [6.07, 6.45) is 8.36. The van der Waals surface area contributed by atoms with Crippen molar-refractivity contribution in [3.63, 3.8) is 0 Å². The number of aryl methyl sites for hydroxylation is 3. The van der Waals surface area contributed by atoms with E-state index in [4.69, 9.17) is 4.74 Å². The van der Waals surface area contributed by atoms with Crippen molar-refractivity contribution in [3.05, 3.63) is 100 Å². The maximum atomic E-state index is 12.0. The van der Waals surface area contributed by atoms with E-state index in [2.05, 4.69) is 33.5 Å². The van der Waals surface area contributed by atoms with Crippen LogP contribution in [-0.2, 0) is 25.9 Å². The lowest BCUT2D eigenvalue weighted by atomic mass is 10.1. The highest BCUT2D eigenvalue weighted by atomic mass is 35.5. The molecule has 0 aliphatic carbocycles. The van der Waals surface area contributed by atoms with Crippen molar-refractivity contribution < 1.29 is 4.74 Å². The van der Waals surface area contributed by atoms with Gasteiger partial charge in [0.2, 0.25) is 0 Å². The summed E-state index contributed by atoms with van der Waals surface area (Å²) >= 11 is 0. The van der Waals surface area contributed by atoms with E-state index in [1.54, 1.807) is 16.8 Å². The van der Waals surface area contributed by atoms with Crippen molar-refractivity contribution in [2.45, 2.75) is 39.3 Å². The minimum absolute atomic E-state index is 0. The van der Waals surface area contributed by atoms with Crippen LogP contribution in [0.4, 0.5) is 0 Å². The predicted octanol–water partition coefficient (Wildman–Crippen LogP) is 5.42. The molecule has 0 fully saturated rings. The normalized spacial score (nSPS) is 10.1. The van der Waals surface area contributed by atoms with Gasteiger partial charge in [0.05, 0.1) is 12.1 Å². The van der Waals surface area contributed by atoms with Crippen LogP contribution in [0.1, 0.15) is 30.2 Å². The smallest absolute Gasteiger partial charge is 0.250 e. The highest BCUT2D eigenvalue weighted by Gasteiger charge is 2.04. The van der Waals surface area contributed by atoms with E-state index in [1.165, 1.54) is 11.1 Å². The monoisotopic (exact) mass is 550 g/mol. The Morgan fingerprint density at radius 3 is 2.58 bits per heavy atom. The van der Waals surface area contributed by atoms with E-state index in [-0.39, 0.29) is 42.8 Å². The zero-order chi connectivity index (χ0) is 22.9. The fourth-order valence-electron chi connectivity index (χ4n) is 3.91. The van der Waals surface area contributed by atoms with Gasteiger partial charge >= 0.3 is 0 Å². The summed E-state index contributed by atoms with van der Waals surface area (Å²) in [4.78, 5) is 20.6. The minimum atomic E-state index is 0. The largest absolute Gasteiger partial charge is 0.494 e. The van der Waals surface area contributed by atoms with Crippen LogP contribution in [0, 0.1) is 0 Å². The first-order valence-corrected chi connectivity index (χ1v) is 11.5. The second-order valence-electron chi connectivity index (χ2n) is 8.03. The zero-order valence-electron chi connectivity index (χ0n) is 20.3. The Labute approximate surface area is 230 Å². The number of pyridine rings is 3. The Bertz CT molecular complexity index is 1250. The number of hydrogen-bond donors (Lipinski definition) is 1. The first-order chi connectivity index (χ1) is 16.2. The van der Waals surface area contributed by atoms with E-state index in [0.29, 0.717) is 13.2 Å². The molecule has 1 aromatic carbocycles. The van der Waals surface area contributed by atoms with Crippen molar-refractivity contribution in [3.8, 4) is 5.75 Å². The highest BCUT2D eigenvalue weighted by Crippen LogP contribution is 2.20. The van der Waals surface area contributed by atoms with Gasteiger partial charge in [-0.2, -0.15) is 0 Å². The number of halogens is 3. The molecule has 3 heterocycles. The lowest BCUT2D eigenvalue weighted by Gasteiger charge is -2.11. The Morgan fingerprint density at radius 1 is 0.944 bits per heavy atom. The van der Waals surface area contributed by atoms with Crippen molar-refractivity contribution >= 4 is 48.1 Å². The maximum absolute atomic E-state index is 12.0. The fraction of sp³-hybridized carbons (Fsp3) is 0.296. The van der Waals surface area contributed by atoms with Gasteiger partial charge in [0, 0.05) is 48.8 Å². The summed E-state index contributed by atoms with van der Waals surface area (Å²) in [5.74, 6) is 0.830. The first kappa shape index (κ1) is 31.4. The number of aromatic nitrogens is 3. The molecule has 194 valence electrons. The summed E-state index contributed by atoms with van der Waals surface area (Å²) in [7, 11) is 0. The average Bonchev–Trinajstić information content (AvgIpc) is 2.86. The maximum Gasteiger partial charge on any atom is 0.250 e. The number of nitrogens with one attached hydrogen (secondary N) is 1. The molecular formula is C27H33Cl3N4O2. The van der Waals surface area contributed by atoms with Crippen LogP contribution in [0.5, 0.6) is 5.75 Å². The van der Waals surface area contributed by atoms with Gasteiger partial charge in [-0.25, -0.2) is 0 Å². The second kappa shape index (κ2) is 16.2. The van der Waals surface area contributed by atoms with Crippen molar-refractivity contribution in [2.24, 2.45) is 0 Å². The molecule has 4 rings (SSSR count). The van der Waals surface area contributed by atoms with Crippen LogP contribution in [0.25, 0.3) is 10.9 Å². The van der Waals surface area contributed by atoms with E-state index in [0.717, 1.165) is 54.7 Å². The molecule has 0 spiro atoms. The first-order valence-electron chi connectivity index (χ1n) is 11.5. The second-order valence-corrected chi connectivity index (χ2v) is 8.03. The molecule has 0 unspecified atom stereocenters. The van der Waals surface area contributed by atoms with E-state index in [1.807, 2.05) is 49.6 Å². The lowest BCUT2D eigenvalue weighted by molar-refractivity contribution is 0.308. The molecular weight excluding hydrogens is 519 g/mol. The number of nitrogens with zero attached hydrogens (tertiary/aromatic N) is 3. The molecule has 0 aliphatic rings. The Morgan fingerprint density at radius 2 is 1.81 bits per heavy atom. The molecule has 0 amide bonds. The fourth-order valence-corrected chi connectivity index (χ4v) is 3.91. The summed E-state index contributed by atoms with van der Waals surface area (Å²) < 4.78 is 7.69. The summed E-state index contributed by atoms with van der Waals surface area (Å²) in [6, 6.07) is 17.7. The Balaban J connectivity index is 0.00000216. The topological polar surface area (TPSA) is 69.0 Å². The molecule has 0 radical (unpaired) electrons. The van der Waals surface area contributed by atoms with Crippen molar-refractivity contribution in [1.82, 2.24) is 19.9 Å². The molecule has 3 aromatic heterocycles. The standard InChI is InChI=1S/C27H30N4O2.3ClH/c1-2-31-26-10-9-25(18-23(26)7-11-27(31)32)33-16-4-14-29-20-22-12-15-30-24(17-22)8-6-21-5-3-13-28-19-21;;;/h3,5,7,9-13,15,17-19,29H,2,4,6,8,14,16,20H2,1H3;3*1H. The molecule has 4 aromatic rings. The van der Waals surface area contributed by atoms with Gasteiger partial charge < -0.3 is 14.6 Å². The zero-order valence-corrected chi connectivity index (χ0v) is 22.7. The molecule has 0 aliphatic heterocycles. The molecule has 36 heavy (non-hydrogen) atoms.